The fourth-order valence-corrected chi connectivity index (χ4v) is 0.696. The first-order valence-corrected chi connectivity index (χ1v) is 3.13. The average molecular weight is 298 g/mol. The Kier molecular flexibility index (Phi) is 6.41. The zero-order valence-corrected chi connectivity index (χ0v) is 8.13. The number of hydrogen-bond donors (Lipinski definition) is 2. The third-order valence-electron chi connectivity index (χ3n) is 1.26. The molecule has 0 fully saturated rings. The number of carbonyl (C=O) groups is 3. The van der Waals surface area contributed by atoms with Crippen molar-refractivity contribution < 1.29 is 57.2 Å². The molecule has 0 bridgehead atoms. The average Bonchev–Trinajstić information content (AvgIpc) is 1.82. The smallest absolute Gasteiger partial charge is 0.550 e. The van der Waals surface area contributed by atoms with E-state index in [-0.39, 0.29) is 22.4 Å². The maximum atomic E-state index is 10.2. The summed E-state index contributed by atoms with van der Waals surface area (Å²) in [6.07, 6.45) is -2.56. The molecule has 0 spiro atoms. The van der Waals surface area contributed by atoms with Crippen LogP contribution in [0.25, 0.3) is 0 Å². The van der Waals surface area contributed by atoms with E-state index in [2.05, 4.69) is 0 Å². The molecule has 0 aromatic rings. The second kappa shape index (κ2) is 5.76. The van der Waals surface area contributed by atoms with Crippen LogP contribution < -0.4 is 10.2 Å². The molecule has 1 unspecified atom stereocenters. The van der Waals surface area contributed by atoms with Gasteiger partial charge in [-0.2, -0.15) is 0 Å². The van der Waals surface area contributed by atoms with E-state index >= 15 is 0 Å². The Morgan fingerprint density at radius 1 is 1.14 bits per heavy atom. The SMILES string of the molecule is O=C([O-])CC(O)(CC(=O)O)C(=O)[O-].[Ag+2]. The van der Waals surface area contributed by atoms with Gasteiger partial charge in [-0.3, -0.25) is 4.79 Å². The van der Waals surface area contributed by atoms with Gasteiger partial charge in [0.1, 0.15) is 5.60 Å². The van der Waals surface area contributed by atoms with Crippen molar-refractivity contribution in [2.75, 3.05) is 0 Å². The van der Waals surface area contributed by atoms with Crippen LogP contribution in [0.5, 0.6) is 0 Å². The first kappa shape index (κ1) is 15.6. The van der Waals surface area contributed by atoms with Gasteiger partial charge in [-0.05, 0) is 0 Å². The normalized spacial score (nSPS) is 13.5. The van der Waals surface area contributed by atoms with Gasteiger partial charge in [0.25, 0.3) is 0 Å². The van der Waals surface area contributed by atoms with E-state index in [0.717, 1.165) is 0 Å². The van der Waals surface area contributed by atoms with Crippen LogP contribution in [0.1, 0.15) is 12.8 Å². The molecular formula is C6H6AgO7. The predicted molar refractivity (Wildman–Crippen MR) is 31.8 cm³/mol. The van der Waals surface area contributed by atoms with Gasteiger partial charge >= 0.3 is 28.3 Å². The number of aliphatic carboxylic acids is 3. The zero-order chi connectivity index (χ0) is 10.6. The van der Waals surface area contributed by atoms with Gasteiger partial charge in [-0.15, -0.1) is 0 Å². The van der Waals surface area contributed by atoms with Gasteiger partial charge in [0.2, 0.25) is 0 Å². The molecule has 83 valence electrons. The summed E-state index contributed by atoms with van der Waals surface area (Å²) < 4.78 is 0. The van der Waals surface area contributed by atoms with Gasteiger partial charge in [0.05, 0.1) is 12.4 Å². The fraction of sp³-hybridized carbons (Fsp3) is 0.500. The predicted octanol–water partition coefficient (Wildman–Crippen LogP) is -3.92. The van der Waals surface area contributed by atoms with Crippen LogP contribution >= 0.6 is 0 Å². The number of hydrogen-bond acceptors (Lipinski definition) is 6. The first-order chi connectivity index (χ1) is 5.78. The third kappa shape index (κ3) is 4.97. The van der Waals surface area contributed by atoms with Gasteiger partial charge in [-0.1, -0.05) is 0 Å². The minimum atomic E-state index is -2.91. The summed E-state index contributed by atoms with van der Waals surface area (Å²) in [4.78, 5) is 30.2. The van der Waals surface area contributed by atoms with Gasteiger partial charge in [0.15, 0.2) is 0 Å². The number of carboxylic acids is 3. The summed E-state index contributed by atoms with van der Waals surface area (Å²) in [6.45, 7) is 0. The monoisotopic (exact) mass is 297 g/mol. The maximum absolute atomic E-state index is 10.2. The Morgan fingerprint density at radius 2 is 1.57 bits per heavy atom. The Morgan fingerprint density at radius 3 is 1.79 bits per heavy atom. The van der Waals surface area contributed by atoms with Crippen LogP contribution in [0.4, 0.5) is 0 Å². The Hall–Kier alpha value is -0.890. The van der Waals surface area contributed by atoms with Gasteiger partial charge in [-0.25, -0.2) is 0 Å². The van der Waals surface area contributed by atoms with Gasteiger partial charge < -0.3 is 30.0 Å². The third-order valence-corrected chi connectivity index (χ3v) is 1.26. The van der Waals surface area contributed by atoms with Crippen molar-refractivity contribution in [3.05, 3.63) is 0 Å². The van der Waals surface area contributed by atoms with Crippen molar-refractivity contribution in [3.63, 3.8) is 0 Å². The van der Waals surface area contributed by atoms with Crippen molar-refractivity contribution in [1.29, 1.82) is 0 Å². The molecule has 14 heavy (non-hydrogen) atoms. The molecule has 0 aliphatic carbocycles. The molecule has 8 heteroatoms. The summed E-state index contributed by atoms with van der Waals surface area (Å²) >= 11 is 0. The fourth-order valence-electron chi connectivity index (χ4n) is 0.696. The first-order valence-electron chi connectivity index (χ1n) is 3.13. The largest absolute Gasteiger partial charge is 2.00 e. The molecule has 0 aromatic carbocycles. The molecule has 1 radical (unpaired) electrons. The zero-order valence-electron chi connectivity index (χ0n) is 6.65. The number of aliphatic hydroxyl groups is 1. The molecule has 0 rings (SSSR count). The quantitative estimate of drug-likeness (QED) is 0.494. The van der Waals surface area contributed by atoms with Crippen LogP contribution in [-0.2, 0) is 36.8 Å². The molecule has 7 nitrogen and oxygen atoms in total. The van der Waals surface area contributed by atoms with Gasteiger partial charge in [0, 0.05) is 12.4 Å². The van der Waals surface area contributed by atoms with Crippen LogP contribution in [0.15, 0.2) is 0 Å². The van der Waals surface area contributed by atoms with E-state index in [9.17, 15) is 24.6 Å². The molecule has 0 aromatic heterocycles. The summed E-state index contributed by atoms with van der Waals surface area (Å²) in [5, 5.41) is 37.2. The summed E-state index contributed by atoms with van der Waals surface area (Å²) in [7, 11) is 0. The number of carboxylic acid groups (broad SMARTS) is 3. The van der Waals surface area contributed by atoms with E-state index in [4.69, 9.17) is 10.2 Å². The van der Waals surface area contributed by atoms with Crippen molar-refractivity contribution in [3.8, 4) is 0 Å². The molecule has 0 aliphatic rings. The molecule has 0 amide bonds. The standard InChI is InChI=1S/C6H8O7.Ag/c7-3(8)1-6(13,5(11)12)2-4(9)10;/h13H,1-2H2,(H,7,8)(H,9,10)(H,11,12);/q;+2/p-2. The number of carbonyl (C=O) groups excluding carboxylic acids is 2. The van der Waals surface area contributed by atoms with Crippen molar-refractivity contribution in [2.45, 2.75) is 18.4 Å². The number of rotatable bonds is 5. The summed E-state index contributed by atoms with van der Waals surface area (Å²) in [6, 6.07) is 0. The van der Waals surface area contributed by atoms with Crippen LogP contribution in [0.2, 0.25) is 0 Å². The Bertz CT molecular complexity index is 233. The van der Waals surface area contributed by atoms with E-state index in [0.29, 0.717) is 0 Å². The molecular weight excluding hydrogens is 292 g/mol. The van der Waals surface area contributed by atoms with Crippen molar-refractivity contribution in [2.24, 2.45) is 0 Å². The Labute approximate surface area is 93.9 Å². The molecule has 0 saturated heterocycles. The molecule has 0 aliphatic heterocycles. The maximum Gasteiger partial charge on any atom is 2.00 e. The van der Waals surface area contributed by atoms with Crippen LogP contribution in [0, 0.1) is 0 Å². The summed E-state index contributed by atoms with van der Waals surface area (Å²) in [5.74, 6) is -5.67. The molecule has 2 N–H and O–H groups in total. The second-order valence-electron chi connectivity index (χ2n) is 2.44. The molecule has 0 heterocycles. The summed E-state index contributed by atoms with van der Waals surface area (Å²) in [5.41, 5.74) is -2.91. The van der Waals surface area contributed by atoms with E-state index in [1.165, 1.54) is 0 Å². The minimum absolute atomic E-state index is 0. The molecule has 1 atom stereocenters. The minimum Gasteiger partial charge on any atom is -0.550 e. The van der Waals surface area contributed by atoms with E-state index in [1.54, 1.807) is 0 Å². The Balaban J connectivity index is 0. The topological polar surface area (TPSA) is 138 Å². The van der Waals surface area contributed by atoms with E-state index < -0.39 is 36.4 Å². The second-order valence-corrected chi connectivity index (χ2v) is 2.44. The van der Waals surface area contributed by atoms with Crippen LogP contribution in [-0.4, -0.2) is 33.7 Å². The van der Waals surface area contributed by atoms with E-state index in [1.807, 2.05) is 0 Å². The van der Waals surface area contributed by atoms with Crippen molar-refractivity contribution in [1.82, 2.24) is 0 Å². The molecule has 0 saturated carbocycles. The van der Waals surface area contributed by atoms with Crippen LogP contribution in [0.3, 0.4) is 0 Å². The van der Waals surface area contributed by atoms with Crippen molar-refractivity contribution >= 4 is 17.9 Å².